The average molecular weight is 459 g/mol. The van der Waals surface area contributed by atoms with E-state index >= 15 is 0 Å². The van der Waals surface area contributed by atoms with Gasteiger partial charge >= 0.3 is 12.1 Å². The third-order valence-electron chi connectivity index (χ3n) is 5.76. The van der Waals surface area contributed by atoms with Crippen LogP contribution in [0.15, 0.2) is 60.7 Å². The average Bonchev–Trinajstić information content (AvgIpc) is 2.76. The molecule has 0 radical (unpaired) electrons. The zero-order valence-electron chi connectivity index (χ0n) is 18.4. The maximum Gasteiger partial charge on any atom is 0.416 e. The quantitative estimate of drug-likeness (QED) is 0.478. The number of nitrogens with one attached hydrogen (secondary N) is 1. The predicted molar refractivity (Wildman–Crippen MR) is 118 cm³/mol. The van der Waals surface area contributed by atoms with Crippen LogP contribution in [0.2, 0.25) is 0 Å². The number of fused-ring (bicyclic) bond motifs is 1. The molecule has 0 spiro atoms. The van der Waals surface area contributed by atoms with E-state index in [2.05, 4.69) is 5.32 Å². The summed E-state index contributed by atoms with van der Waals surface area (Å²) in [7, 11) is 0. The standard InChI is InChI=1S/C25H24F3NO4/c1-15(2)24(3,23(31)32)29-22(30)20-13-10-17-6-4-5-7-19(17)21(20)33-14-16-8-11-18(12-9-16)25(26,27)28/h4-13,15H,14H2,1-3H3,(H,29,30)(H,31,32). The molecule has 0 aliphatic rings. The Labute approximate surface area is 189 Å². The fourth-order valence-corrected chi connectivity index (χ4v) is 3.27. The molecule has 0 fully saturated rings. The van der Waals surface area contributed by atoms with Crippen molar-refractivity contribution in [2.75, 3.05) is 0 Å². The van der Waals surface area contributed by atoms with Crippen LogP contribution in [-0.2, 0) is 17.6 Å². The molecule has 1 atom stereocenters. The van der Waals surface area contributed by atoms with Crippen LogP contribution in [0.25, 0.3) is 10.8 Å². The molecule has 174 valence electrons. The topological polar surface area (TPSA) is 75.6 Å². The van der Waals surface area contributed by atoms with Crippen LogP contribution in [0.4, 0.5) is 13.2 Å². The van der Waals surface area contributed by atoms with E-state index < -0.39 is 35.1 Å². The number of hydrogen-bond donors (Lipinski definition) is 2. The number of ether oxygens (including phenoxy) is 1. The van der Waals surface area contributed by atoms with Gasteiger partial charge in [-0.2, -0.15) is 13.2 Å². The number of carboxylic acid groups (broad SMARTS) is 1. The minimum absolute atomic E-state index is 0.0766. The van der Waals surface area contributed by atoms with E-state index in [1.807, 2.05) is 12.1 Å². The maximum atomic E-state index is 13.1. The van der Waals surface area contributed by atoms with E-state index in [9.17, 15) is 27.9 Å². The van der Waals surface area contributed by atoms with Gasteiger partial charge in [-0.05, 0) is 42.0 Å². The minimum atomic E-state index is -4.44. The number of carbonyl (C=O) groups excluding carboxylic acids is 1. The van der Waals surface area contributed by atoms with E-state index in [4.69, 9.17) is 4.74 Å². The Kier molecular flexibility index (Phi) is 6.67. The number of amides is 1. The van der Waals surface area contributed by atoms with Gasteiger partial charge in [-0.3, -0.25) is 4.79 Å². The number of hydrogen-bond acceptors (Lipinski definition) is 3. The summed E-state index contributed by atoms with van der Waals surface area (Å²) in [5, 5.41) is 13.7. The first kappa shape index (κ1) is 24.1. The second kappa shape index (κ2) is 9.13. The summed E-state index contributed by atoms with van der Waals surface area (Å²) in [6.45, 7) is 4.74. The first-order valence-corrected chi connectivity index (χ1v) is 10.3. The van der Waals surface area contributed by atoms with Crippen molar-refractivity contribution >= 4 is 22.6 Å². The summed E-state index contributed by atoms with van der Waals surface area (Å²) in [5.74, 6) is -1.96. The Morgan fingerprint density at radius 1 is 1.00 bits per heavy atom. The Morgan fingerprint density at radius 3 is 2.21 bits per heavy atom. The predicted octanol–water partition coefficient (Wildman–Crippen LogP) is 5.67. The molecule has 3 rings (SSSR count). The van der Waals surface area contributed by atoms with Gasteiger partial charge < -0.3 is 15.2 Å². The monoisotopic (exact) mass is 459 g/mol. The van der Waals surface area contributed by atoms with Crippen molar-refractivity contribution in [1.82, 2.24) is 5.32 Å². The highest BCUT2D eigenvalue weighted by molar-refractivity contribution is 6.05. The lowest BCUT2D eigenvalue weighted by Crippen LogP contribution is -2.55. The Hall–Kier alpha value is -3.55. The van der Waals surface area contributed by atoms with Gasteiger partial charge in [0, 0.05) is 5.39 Å². The molecule has 33 heavy (non-hydrogen) atoms. The van der Waals surface area contributed by atoms with E-state index in [-0.39, 0.29) is 17.9 Å². The molecular weight excluding hydrogens is 435 g/mol. The van der Waals surface area contributed by atoms with Crippen LogP contribution in [0.5, 0.6) is 5.75 Å². The van der Waals surface area contributed by atoms with E-state index in [0.29, 0.717) is 10.9 Å². The molecule has 3 aromatic carbocycles. The summed E-state index contributed by atoms with van der Waals surface area (Å²) in [6, 6.07) is 15.0. The minimum Gasteiger partial charge on any atom is -0.487 e. The van der Waals surface area contributed by atoms with Crippen LogP contribution < -0.4 is 10.1 Å². The summed E-state index contributed by atoms with van der Waals surface area (Å²) >= 11 is 0. The Balaban J connectivity index is 1.95. The second-order valence-electron chi connectivity index (χ2n) is 8.26. The van der Waals surface area contributed by atoms with Gasteiger partial charge in [-0.15, -0.1) is 0 Å². The van der Waals surface area contributed by atoms with Crippen molar-refractivity contribution in [3.8, 4) is 5.75 Å². The molecule has 1 unspecified atom stereocenters. The van der Waals surface area contributed by atoms with Gasteiger partial charge in [0.15, 0.2) is 0 Å². The summed E-state index contributed by atoms with van der Waals surface area (Å²) in [6.07, 6.45) is -4.44. The molecular formula is C25H24F3NO4. The van der Waals surface area contributed by atoms with Gasteiger partial charge in [0.1, 0.15) is 17.9 Å². The Morgan fingerprint density at radius 2 is 1.64 bits per heavy atom. The third-order valence-corrected chi connectivity index (χ3v) is 5.76. The molecule has 0 aromatic heterocycles. The largest absolute Gasteiger partial charge is 0.487 e. The Bertz CT molecular complexity index is 1170. The highest BCUT2D eigenvalue weighted by Gasteiger charge is 2.39. The van der Waals surface area contributed by atoms with Gasteiger partial charge in [0.2, 0.25) is 0 Å². The van der Waals surface area contributed by atoms with Crippen molar-refractivity contribution in [1.29, 1.82) is 0 Å². The lowest BCUT2D eigenvalue weighted by molar-refractivity contribution is -0.145. The number of rotatable bonds is 7. The number of alkyl halides is 3. The first-order chi connectivity index (χ1) is 15.4. The number of carboxylic acids is 1. The van der Waals surface area contributed by atoms with Crippen molar-refractivity contribution < 1.29 is 32.6 Å². The van der Waals surface area contributed by atoms with E-state index in [0.717, 1.165) is 17.5 Å². The van der Waals surface area contributed by atoms with Crippen LogP contribution in [0, 0.1) is 5.92 Å². The summed E-state index contributed by atoms with van der Waals surface area (Å²) < 4.78 is 44.4. The third kappa shape index (κ3) is 5.10. The first-order valence-electron chi connectivity index (χ1n) is 10.3. The molecule has 0 saturated heterocycles. The molecule has 2 N–H and O–H groups in total. The molecule has 0 aliphatic heterocycles. The van der Waals surface area contributed by atoms with Crippen LogP contribution in [0.3, 0.4) is 0 Å². The number of carbonyl (C=O) groups is 2. The normalized spacial score (nSPS) is 13.5. The van der Waals surface area contributed by atoms with Crippen LogP contribution >= 0.6 is 0 Å². The van der Waals surface area contributed by atoms with Gasteiger partial charge in [-0.25, -0.2) is 4.79 Å². The fraction of sp³-hybridized carbons (Fsp3) is 0.280. The van der Waals surface area contributed by atoms with Crippen molar-refractivity contribution in [2.24, 2.45) is 5.92 Å². The zero-order chi connectivity index (χ0) is 24.4. The molecule has 0 heterocycles. The molecule has 3 aromatic rings. The molecule has 0 aliphatic carbocycles. The van der Waals surface area contributed by atoms with Crippen molar-refractivity contribution in [3.05, 3.63) is 77.4 Å². The zero-order valence-corrected chi connectivity index (χ0v) is 18.4. The number of benzene rings is 3. The second-order valence-corrected chi connectivity index (χ2v) is 8.26. The number of aliphatic carboxylic acids is 1. The maximum absolute atomic E-state index is 13.1. The van der Waals surface area contributed by atoms with Gasteiger partial charge in [0.05, 0.1) is 11.1 Å². The van der Waals surface area contributed by atoms with E-state index in [1.165, 1.54) is 19.1 Å². The number of halogens is 3. The molecule has 8 heteroatoms. The highest BCUT2D eigenvalue weighted by atomic mass is 19.4. The molecule has 5 nitrogen and oxygen atoms in total. The molecule has 0 bridgehead atoms. The van der Waals surface area contributed by atoms with Crippen molar-refractivity contribution in [3.63, 3.8) is 0 Å². The van der Waals surface area contributed by atoms with Gasteiger partial charge in [-0.1, -0.05) is 56.3 Å². The molecule has 1 amide bonds. The van der Waals surface area contributed by atoms with Crippen LogP contribution in [-0.4, -0.2) is 22.5 Å². The fourth-order valence-electron chi connectivity index (χ4n) is 3.27. The highest BCUT2D eigenvalue weighted by Crippen LogP contribution is 2.32. The summed E-state index contributed by atoms with van der Waals surface area (Å²) in [4.78, 5) is 24.9. The smallest absolute Gasteiger partial charge is 0.416 e. The lowest BCUT2D eigenvalue weighted by atomic mass is 9.88. The van der Waals surface area contributed by atoms with Crippen molar-refractivity contribution in [2.45, 2.75) is 39.1 Å². The molecule has 0 saturated carbocycles. The van der Waals surface area contributed by atoms with Gasteiger partial charge in [0.25, 0.3) is 5.91 Å². The van der Waals surface area contributed by atoms with E-state index in [1.54, 1.807) is 38.1 Å². The summed E-state index contributed by atoms with van der Waals surface area (Å²) in [5.41, 5.74) is -1.65. The SMILES string of the molecule is CC(C)C(C)(NC(=O)c1ccc2ccccc2c1OCc1ccc(C(F)(F)F)cc1)C(=O)O. The van der Waals surface area contributed by atoms with Crippen LogP contribution in [0.1, 0.15) is 42.3 Å². The lowest BCUT2D eigenvalue weighted by Gasteiger charge is -2.30.